The van der Waals surface area contributed by atoms with Gasteiger partial charge in [0, 0.05) is 19.0 Å². The number of nitrogens with one attached hydrogen (secondary N) is 1. The van der Waals surface area contributed by atoms with Crippen LogP contribution in [0.15, 0.2) is 45.9 Å². The minimum absolute atomic E-state index is 0.0573. The fourth-order valence-corrected chi connectivity index (χ4v) is 3.52. The summed E-state index contributed by atoms with van der Waals surface area (Å²) in [5, 5.41) is 10.4. The van der Waals surface area contributed by atoms with Crippen molar-refractivity contribution >= 4 is 10.0 Å². The minimum atomic E-state index is -3.89. The third-order valence-corrected chi connectivity index (χ3v) is 4.86. The van der Waals surface area contributed by atoms with E-state index in [0.717, 1.165) is 0 Å². The third kappa shape index (κ3) is 4.50. The van der Waals surface area contributed by atoms with Gasteiger partial charge in [0.1, 0.15) is 22.2 Å². The lowest BCUT2D eigenvalue weighted by atomic mass is 10.0. The van der Waals surface area contributed by atoms with E-state index in [-0.39, 0.29) is 23.6 Å². The molecule has 1 aromatic heterocycles. The van der Waals surface area contributed by atoms with Crippen molar-refractivity contribution in [1.29, 1.82) is 0 Å². The molecule has 1 atom stereocenters. The number of benzene rings is 1. The van der Waals surface area contributed by atoms with E-state index in [2.05, 4.69) is 4.72 Å². The highest BCUT2D eigenvalue weighted by atomic mass is 32.2. The van der Waals surface area contributed by atoms with E-state index in [0.29, 0.717) is 11.5 Å². The van der Waals surface area contributed by atoms with Crippen molar-refractivity contribution in [2.24, 2.45) is 0 Å². The lowest BCUT2D eigenvalue weighted by Gasteiger charge is -2.23. The Morgan fingerprint density at radius 2 is 2.00 bits per heavy atom. The predicted molar refractivity (Wildman–Crippen MR) is 87.8 cm³/mol. The molecule has 0 aliphatic rings. The summed E-state index contributed by atoms with van der Waals surface area (Å²) >= 11 is 0. The van der Waals surface area contributed by atoms with Crippen LogP contribution >= 0.6 is 0 Å². The highest BCUT2D eigenvalue weighted by Crippen LogP contribution is 2.28. The van der Waals surface area contributed by atoms with Crippen LogP contribution in [0.5, 0.6) is 11.5 Å². The topological polar surface area (TPSA) is 98.0 Å². The molecule has 0 radical (unpaired) electrons. The van der Waals surface area contributed by atoms with Crippen LogP contribution < -0.4 is 14.2 Å². The third-order valence-electron chi connectivity index (χ3n) is 3.44. The maximum absolute atomic E-state index is 12.5. The van der Waals surface area contributed by atoms with Crippen molar-refractivity contribution < 1.29 is 27.4 Å². The van der Waals surface area contributed by atoms with Crippen LogP contribution in [0.2, 0.25) is 0 Å². The molecule has 2 rings (SSSR count). The summed E-state index contributed by atoms with van der Waals surface area (Å²) < 4.78 is 42.8. The number of aliphatic hydroxyl groups is 1. The number of furan rings is 1. The molecular weight excluding hydrogens is 334 g/mol. The average molecular weight is 355 g/mol. The molecule has 0 amide bonds. The van der Waals surface area contributed by atoms with Gasteiger partial charge in [0.05, 0.1) is 26.1 Å². The Labute approximate surface area is 141 Å². The minimum Gasteiger partial charge on any atom is -0.497 e. The van der Waals surface area contributed by atoms with Crippen LogP contribution in [0, 0.1) is 0 Å². The fraction of sp³-hybridized carbons (Fsp3) is 0.375. The Morgan fingerprint density at radius 1 is 1.25 bits per heavy atom. The zero-order valence-electron chi connectivity index (χ0n) is 13.8. The molecule has 0 spiro atoms. The summed E-state index contributed by atoms with van der Waals surface area (Å²) in [5.41, 5.74) is -1.31. The van der Waals surface area contributed by atoms with Crippen LogP contribution in [0.25, 0.3) is 0 Å². The molecule has 1 aromatic carbocycles. The zero-order chi connectivity index (χ0) is 17.8. The van der Waals surface area contributed by atoms with Crippen molar-refractivity contribution in [1.82, 2.24) is 4.72 Å². The number of hydrogen-bond acceptors (Lipinski definition) is 6. The standard InChI is InChI=1S/C16H21NO6S/c1-16(18,10-13-5-4-8-23-13)11-17-24(19,20)15-9-12(21-2)6-7-14(15)22-3/h4-9,17-18H,10-11H2,1-3H3. The first-order valence-corrected chi connectivity index (χ1v) is 8.72. The van der Waals surface area contributed by atoms with E-state index < -0.39 is 15.6 Å². The van der Waals surface area contributed by atoms with Gasteiger partial charge in [-0.05, 0) is 31.2 Å². The summed E-state index contributed by atoms with van der Waals surface area (Å²) in [7, 11) is -1.07. The lowest BCUT2D eigenvalue weighted by molar-refractivity contribution is 0.0603. The average Bonchev–Trinajstić information content (AvgIpc) is 3.04. The van der Waals surface area contributed by atoms with Gasteiger partial charge in [-0.25, -0.2) is 13.1 Å². The molecular formula is C16H21NO6S. The second kappa shape index (κ2) is 7.25. The van der Waals surface area contributed by atoms with E-state index >= 15 is 0 Å². The summed E-state index contributed by atoms with van der Waals surface area (Å²) in [4.78, 5) is -0.0573. The molecule has 2 aromatic rings. The van der Waals surface area contributed by atoms with Gasteiger partial charge in [-0.15, -0.1) is 0 Å². The molecule has 24 heavy (non-hydrogen) atoms. The van der Waals surface area contributed by atoms with Crippen LogP contribution in [0.4, 0.5) is 0 Å². The first-order valence-electron chi connectivity index (χ1n) is 7.24. The molecule has 2 N–H and O–H groups in total. The van der Waals surface area contributed by atoms with Crippen LogP contribution in [0.3, 0.4) is 0 Å². The summed E-state index contributed by atoms with van der Waals surface area (Å²) in [6, 6.07) is 7.90. The molecule has 0 aliphatic heterocycles. The molecule has 1 heterocycles. The van der Waals surface area contributed by atoms with Gasteiger partial charge in [-0.3, -0.25) is 0 Å². The Hall–Kier alpha value is -2.03. The number of hydrogen-bond donors (Lipinski definition) is 2. The molecule has 0 saturated heterocycles. The predicted octanol–water partition coefficient (Wildman–Crippen LogP) is 1.57. The normalized spacial score (nSPS) is 14.2. The molecule has 0 aliphatic carbocycles. The Bertz CT molecular complexity index is 768. The molecule has 8 heteroatoms. The fourth-order valence-electron chi connectivity index (χ4n) is 2.17. The highest BCUT2D eigenvalue weighted by Gasteiger charge is 2.27. The number of rotatable bonds is 8. The van der Waals surface area contributed by atoms with Crippen molar-refractivity contribution in [3.05, 3.63) is 42.4 Å². The smallest absolute Gasteiger partial charge is 0.244 e. The Morgan fingerprint density at radius 3 is 2.58 bits per heavy atom. The van der Waals surface area contributed by atoms with Gasteiger partial charge in [-0.2, -0.15) is 0 Å². The molecule has 0 bridgehead atoms. The van der Waals surface area contributed by atoms with E-state index in [1.54, 1.807) is 18.2 Å². The molecule has 1 unspecified atom stereocenters. The lowest BCUT2D eigenvalue weighted by Crippen LogP contribution is -2.42. The second-order valence-corrected chi connectivity index (χ2v) is 7.33. The maximum atomic E-state index is 12.5. The maximum Gasteiger partial charge on any atom is 0.244 e. The SMILES string of the molecule is COc1ccc(OC)c(S(=O)(=O)NCC(C)(O)Cc2ccco2)c1. The Balaban J connectivity index is 2.16. The van der Waals surface area contributed by atoms with Crippen molar-refractivity contribution in [2.75, 3.05) is 20.8 Å². The summed E-state index contributed by atoms with van der Waals surface area (Å²) in [5.74, 6) is 1.14. The van der Waals surface area contributed by atoms with E-state index in [4.69, 9.17) is 13.9 Å². The van der Waals surface area contributed by atoms with Gasteiger partial charge in [-0.1, -0.05) is 0 Å². The molecule has 0 fully saturated rings. The van der Waals surface area contributed by atoms with Gasteiger partial charge in [0.15, 0.2) is 0 Å². The largest absolute Gasteiger partial charge is 0.497 e. The van der Waals surface area contributed by atoms with Gasteiger partial charge in [0.25, 0.3) is 0 Å². The molecule has 132 valence electrons. The van der Waals surface area contributed by atoms with E-state index in [9.17, 15) is 13.5 Å². The van der Waals surface area contributed by atoms with Crippen LogP contribution in [0.1, 0.15) is 12.7 Å². The van der Waals surface area contributed by atoms with Crippen LogP contribution in [-0.2, 0) is 16.4 Å². The van der Waals surface area contributed by atoms with Gasteiger partial charge >= 0.3 is 0 Å². The van der Waals surface area contributed by atoms with Gasteiger partial charge < -0.3 is 19.0 Å². The first-order chi connectivity index (χ1) is 11.3. The van der Waals surface area contributed by atoms with Crippen molar-refractivity contribution in [3.8, 4) is 11.5 Å². The summed E-state index contributed by atoms with van der Waals surface area (Å²) in [6.45, 7) is 1.34. The first kappa shape index (κ1) is 18.3. The van der Waals surface area contributed by atoms with Crippen molar-refractivity contribution in [3.63, 3.8) is 0 Å². The molecule has 0 saturated carbocycles. The van der Waals surface area contributed by atoms with E-state index in [1.807, 2.05) is 0 Å². The molecule has 7 nitrogen and oxygen atoms in total. The van der Waals surface area contributed by atoms with E-state index in [1.165, 1.54) is 39.5 Å². The second-order valence-electron chi connectivity index (χ2n) is 5.59. The highest BCUT2D eigenvalue weighted by molar-refractivity contribution is 7.89. The Kier molecular flexibility index (Phi) is 5.53. The quantitative estimate of drug-likeness (QED) is 0.746. The monoisotopic (exact) mass is 355 g/mol. The zero-order valence-corrected chi connectivity index (χ0v) is 14.6. The van der Waals surface area contributed by atoms with Crippen LogP contribution in [-0.4, -0.2) is 39.9 Å². The van der Waals surface area contributed by atoms with Gasteiger partial charge in [0.2, 0.25) is 10.0 Å². The van der Waals surface area contributed by atoms with Crippen molar-refractivity contribution in [2.45, 2.75) is 23.8 Å². The number of methoxy groups -OCH3 is 2. The summed E-state index contributed by atoms with van der Waals surface area (Å²) in [6.07, 6.45) is 1.68. The number of ether oxygens (including phenoxy) is 2. The number of sulfonamides is 1.